The SMILES string of the molecule is Cc1ccc(S(=O)(=O)O)cc1.O=C(O)C1COCCN1. The van der Waals surface area contributed by atoms with Crippen molar-refractivity contribution >= 4 is 16.1 Å². The maximum atomic E-state index is 10.5. The zero-order valence-electron chi connectivity index (χ0n) is 10.9. The summed E-state index contributed by atoms with van der Waals surface area (Å²) in [7, 11) is -4.02. The van der Waals surface area contributed by atoms with Gasteiger partial charge in [0.1, 0.15) is 6.04 Å². The number of aliphatic carboxylic acids is 1. The fraction of sp³-hybridized carbons (Fsp3) is 0.417. The third kappa shape index (κ3) is 5.66. The Balaban J connectivity index is 0.000000204. The number of carboxylic acid groups (broad SMARTS) is 1. The van der Waals surface area contributed by atoms with Crippen LogP contribution in [0.1, 0.15) is 5.56 Å². The lowest BCUT2D eigenvalue weighted by Gasteiger charge is -2.19. The number of aryl methyl sites for hydroxylation is 1. The molecule has 1 aromatic rings. The number of carboxylic acids is 1. The molecular formula is C12H17NO6S. The molecule has 0 saturated carbocycles. The Kier molecular flexibility index (Phi) is 6.08. The molecule has 1 aromatic carbocycles. The number of rotatable bonds is 2. The molecule has 1 atom stereocenters. The minimum Gasteiger partial charge on any atom is -0.480 e. The molecule has 0 bridgehead atoms. The van der Waals surface area contributed by atoms with Gasteiger partial charge in [0.25, 0.3) is 10.1 Å². The van der Waals surface area contributed by atoms with Crippen LogP contribution in [0.5, 0.6) is 0 Å². The Hall–Kier alpha value is -1.48. The van der Waals surface area contributed by atoms with Gasteiger partial charge in [-0.05, 0) is 19.1 Å². The Labute approximate surface area is 117 Å². The van der Waals surface area contributed by atoms with Gasteiger partial charge >= 0.3 is 5.97 Å². The van der Waals surface area contributed by atoms with Crippen molar-refractivity contribution in [1.29, 1.82) is 0 Å². The van der Waals surface area contributed by atoms with E-state index >= 15 is 0 Å². The highest BCUT2D eigenvalue weighted by molar-refractivity contribution is 7.85. The van der Waals surface area contributed by atoms with E-state index in [0.717, 1.165) is 5.56 Å². The molecule has 1 aliphatic rings. The van der Waals surface area contributed by atoms with E-state index in [4.69, 9.17) is 14.4 Å². The Morgan fingerprint density at radius 1 is 1.35 bits per heavy atom. The fourth-order valence-corrected chi connectivity index (χ4v) is 1.91. The Morgan fingerprint density at radius 3 is 2.30 bits per heavy atom. The quantitative estimate of drug-likeness (QED) is 0.673. The first-order valence-corrected chi connectivity index (χ1v) is 7.33. The first-order valence-electron chi connectivity index (χ1n) is 5.89. The maximum Gasteiger partial charge on any atom is 0.323 e. The standard InChI is InChI=1S/C7H8O3S.C5H9NO3/c1-6-2-4-7(5-3-6)11(8,9)10;7-5(8)4-3-9-2-1-6-4/h2-5H,1H3,(H,8,9,10);4,6H,1-3H2,(H,7,8). The summed E-state index contributed by atoms with van der Waals surface area (Å²) in [5.41, 5.74) is 0.956. The van der Waals surface area contributed by atoms with Crippen molar-refractivity contribution in [2.24, 2.45) is 0 Å². The van der Waals surface area contributed by atoms with Gasteiger partial charge in [0, 0.05) is 6.54 Å². The third-order valence-electron chi connectivity index (χ3n) is 2.54. The lowest BCUT2D eigenvalue weighted by molar-refractivity contribution is -0.142. The van der Waals surface area contributed by atoms with Crippen LogP contribution in [0.4, 0.5) is 0 Å². The van der Waals surface area contributed by atoms with Crippen LogP contribution in [0.15, 0.2) is 29.2 Å². The molecule has 3 N–H and O–H groups in total. The van der Waals surface area contributed by atoms with Gasteiger partial charge < -0.3 is 15.2 Å². The number of nitrogens with one attached hydrogen (secondary N) is 1. The molecule has 1 saturated heterocycles. The highest BCUT2D eigenvalue weighted by Gasteiger charge is 2.19. The fourth-order valence-electron chi connectivity index (χ4n) is 1.43. The van der Waals surface area contributed by atoms with Gasteiger partial charge in [0.15, 0.2) is 0 Å². The van der Waals surface area contributed by atoms with Crippen LogP contribution in [0.3, 0.4) is 0 Å². The summed E-state index contributed by atoms with van der Waals surface area (Å²) in [4.78, 5) is 10.1. The van der Waals surface area contributed by atoms with Crippen LogP contribution in [0, 0.1) is 6.92 Å². The van der Waals surface area contributed by atoms with Crippen molar-refractivity contribution in [3.05, 3.63) is 29.8 Å². The normalized spacial score (nSPS) is 18.8. The molecule has 20 heavy (non-hydrogen) atoms. The second-order valence-electron chi connectivity index (χ2n) is 4.21. The minimum absolute atomic E-state index is 0.0666. The van der Waals surface area contributed by atoms with Crippen LogP contribution in [0.25, 0.3) is 0 Å². The molecule has 8 heteroatoms. The van der Waals surface area contributed by atoms with E-state index in [9.17, 15) is 13.2 Å². The zero-order chi connectivity index (χ0) is 15.2. The number of hydrogen-bond acceptors (Lipinski definition) is 5. The summed E-state index contributed by atoms with van der Waals surface area (Å²) in [6, 6.07) is 5.49. The summed E-state index contributed by atoms with van der Waals surface area (Å²) in [6.07, 6.45) is 0. The van der Waals surface area contributed by atoms with Gasteiger partial charge in [-0.1, -0.05) is 17.7 Å². The molecule has 0 radical (unpaired) electrons. The number of morpholine rings is 1. The monoisotopic (exact) mass is 303 g/mol. The van der Waals surface area contributed by atoms with E-state index in [-0.39, 0.29) is 11.5 Å². The van der Waals surface area contributed by atoms with Gasteiger partial charge in [0.2, 0.25) is 0 Å². The molecule has 1 heterocycles. The molecular weight excluding hydrogens is 286 g/mol. The molecule has 2 rings (SSSR count). The molecule has 0 aromatic heterocycles. The van der Waals surface area contributed by atoms with Gasteiger partial charge in [-0.25, -0.2) is 0 Å². The average molecular weight is 303 g/mol. The summed E-state index contributed by atoms with van der Waals surface area (Å²) in [5, 5.41) is 11.2. The highest BCUT2D eigenvalue weighted by atomic mass is 32.2. The van der Waals surface area contributed by atoms with E-state index < -0.39 is 22.1 Å². The molecule has 1 aliphatic heterocycles. The number of benzene rings is 1. The predicted octanol–water partition coefficient (Wildman–Crippen LogP) is 0.301. The van der Waals surface area contributed by atoms with E-state index in [1.54, 1.807) is 12.1 Å². The van der Waals surface area contributed by atoms with Crippen LogP contribution in [-0.4, -0.2) is 49.8 Å². The van der Waals surface area contributed by atoms with Crippen LogP contribution in [-0.2, 0) is 19.6 Å². The van der Waals surface area contributed by atoms with Gasteiger partial charge in [-0.3, -0.25) is 9.35 Å². The molecule has 7 nitrogen and oxygen atoms in total. The number of ether oxygens (including phenoxy) is 1. The summed E-state index contributed by atoms with van der Waals surface area (Å²) in [5.74, 6) is -0.838. The van der Waals surface area contributed by atoms with Crippen LogP contribution >= 0.6 is 0 Å². The lowest BCUT2D eigenvalue weighted by Crippen LogP contribution is -2.46. The van der Waals surface area contributed by atoms with Gasteiger partial charge in [-0.2, -0.15) is 8.42 Å². The van der Waals surface area contributed by atoms with Gasteiger partial charge in [-0.15, -0.1) is 0 Å². The summed E-state index contributed by atoms with van der Waals surface area (Å²) in [6.45, 7) is 3.38. The molecule has 1 fully saturated rings. The molecule has 0 spiro atoms. The second-order valence-corrected chi connectivity index (χ2v) is 5.63. The Bertz CT molecular complexity index is 534. The topological polar surface area (TPSA) is 113 Å². The van der Waals surface area contributed by atoms with Gasteiger partial charge in [0.05, 0.1) is 18.1 Å². The van der Waals surface area contributed by atoms with E-state index in [1.807, 2.05) is 6.92 Å². The van der Waals surface area contributed by atoms with Crippen LogP contribution in [0.2, 0.25) is 0 Å². The first kappa shape index (κ1) is 16.6. The largest absolute Gasteiger partial charge is 0.480 e. The average Bonchev–Trinajstić information content (AvgIpc) is 2.40. The molecule has 0 amide bonds. The summed E-state index contributed by atoms with van der Waals surface area (Å²) >= 11 is 0. The highest BCUT2D eigenvalue weighted by Crippen LogP contribution is 2.08. The zero-order valence-corrected chi connectivity index (χ0v) is 11.8. The smallest absolute Gasteiger partial charge is 0.323 e. The predicted molar refractivity (Wildman–Crippen MR) is 71.2 cm³/mol. The molecule has 112 valence electrons. The minimum atomic E-state index is -4.02. The lowest BCUT2D eigenvalue weighted by atomic mass is 10.2. The van der Waals surface area contributed by atoms with Crippen LogP contribution < -0.4 is 5.32 Å². The van der Waals surface area contributed by atoms with Crippen molar-refractivity contribution in [2.75, 3.05) is 19.8 Å². The molecule has 0 aliphatic carbocycles. The van der Waals surface area contributed by atoms with Crippen molar-refractivity contribution < 1.29 is 27.6 Å². The van der Waals surface area contributed by atoms with Crippen molar-refractivity contribution in [3.8, 4) is 0 Å². The van der Waals surface area contributed by atoms with E-state index in [2.05, 4.69) is 5.32 Å². The van der Waals surface area contributed by atoms with E-state index in [1.165, 1.54) is 12.1 Å². The Morgan fingerprint density at radius 2 is 1.95 bits per heavy atom. The number of carbonyl (C=O) groups is 1. The van der Waals surface area contributed by atoms with Crippen molar-refractivity contribution in [3.63, 3.8) is 0 Å². The maximum absolute atomic E-state index is 10.5. The summed E-state index contributed by atoms with van der Waals surface area (Å²) < 4.78 is 34.5. The second kappa shape index (κ2) is 7.34. The van der Waals surface area contributed by atoms with E-state index in [0.29, 0.717) is 13.2 Å². The molecule has 1 unspecified atom stereocenters. The van der Waals surface area contributed by atoms with Crippen molar-refractivity contribution in [1.82, 2.24) is 5.32 Å². The number of hydrogen-bond donors (Lipinski definition) is 3. The first-order chi connectivity index (χ1) is 9.30. The van der Waals surface area contributed by atoms with Crippen molar-refractivity contribution in [2.45, 2.75) is 17.9 Å². The third-order valence-corrected chi connectivity index (χ3v) is 3.41.